The van der Waals surface area contributed by atoms with Gasteiger partial charge in [0.2, 0.25) is 0 Å². The van der Waals surface area contributed by atoms with Crippen LogP contribution in [-0.4, -0.2) is 55.3 Å². The van der Waals surface area contributed by atoms with Crippen molar-refractivity contribution < 1.29 is 19.1 Å². The zero-order valence-electron chi connectivity index (χ0n) is 14.3. The number of furan rings is 1. The molecule has 3 rings (SSSR count). The molecule has 0 aliphatic carbocycles. The first-order valence-electron chi connectivity index (χ1n) is 8.52. The van der Waals surface area contributed by atoms with Crippen LogP contribution < -0.4 is 10.1 Å². The molecule has 1 aromatic heterocycles. The van der Waals surface area contributed by atoms with E-state index < -0.39 is 0 Å². The van der Waals surface area contributed by atoms with Gasteiger partial charge in [0.25, 0.3) is 5.91 Å². The number of fused-ring (bicyclic) bond motifs is 1. The van der Waals surface area contributed by atoms with Crippen molar-refractivity contribution in [1.29, 1.82) is 0 Å². The number of likely N-dealkylation sites (tertiary alicyclic amines) is 1. The summed E-state index contributed by atoms with van der Waals surface area (Å²) in [5.74, 6) is 0.459. The molecule has 0 radical (unpaired) electrons. The van der Waals surface area contributed by atoms with Crippen LogP contribution in [0.2, 0.25) is 5.02 Å². The zero-order valence-corrected chi connectivity index (χ0v) is 15.0. The van der Waals surface area contributed by atoms with Crippen molar-refractivity contribution in [1.82, 2.24) is 10.2 Å². The molecule has 136 valence electrons. The maximum atomic E-state index is 12.3. The summed E-state index contributed by atoms with van der Waals surface area (Å²) in [4.78, 5) is 14.6. The molecule has 1 fully saturated rings. The number of hydrogen-bond acceptors (Lipinski definition) is 5. The molecule has 1 saturated heterocycles. The van der Waals surface area contributed by atoms with Gasteiger partial charge >= 0.3 is 0 Å². The number of ether oxygens (including phenoxy) is 1. The summed E-state index contributed by atoms with van der Waals surface area (Å²) in [6.07, 6.45) is 3.29. The number of amides is 1. The number of hydrogen-bond donors (Lipinski definition) is 2. The van der Waals surface area contributed by atoms with E-state index in [9.17, 15) is 9.90 Å². The summed E-state index contributed by atoms with van der Waals surface area (Å²) < 4.78 is 10.9. The minimum Gasteiger partial charge on any atom is -0.493 e. The molecule has 25 heavy (non-hydrogen) atoms. The highest BCUT2D eigenvalue weighted by molar-refractivity contribution is 6.31. The van der Waals surface area contributed by atoms with E-state index in [-0.39, 0.29) is 24.3 Å². The Morgan fingerprint density at radius 2 is 2.28 bits per heavy atom. The molecule has 6 nitrogen and oxygen atoms in total. The molecule has 0 bridgehead atoms. The molecule has 2 N–H and O–H groups in total. The Morgan fingerprint density at radius 1 is 1.44 bits per heavy atom. The molecule has 1 aliphatic rings. The van der Waals surface area contributed by atoms with Crippen molar-refractivity contribution in [3.8, 4) is 5.75 Å². The maximum Gasteiger partial charge on any atom is 0.287 e. The van der Waals surface area contributed by atoms with Crippen LogP contribution in [0.3, 0.4) is 0 Å². The molecule has 7 heteroatoms. The molecule has 1 unspecified atom stereocenters. The van der Waals surface area contributed by atoms with Gasteiger partial charge in [0, 0.05) is 35.6 Å². The van der Waals surface area contributed by atoms with Crippen molar-refractivity contribution in [2.45, 2.75) is 25.3 Å². The van der Waals surface area contributed by atoms with Gasteiger partial charge in [0.15, 0.2) is 17.1 Å². The third kappa shape index (κ3) is 4.08. The number of nitrogens with zero attached hydrogens (tertiary/aromatic N) is 1. The predicted molar refractivity (Wildman–Crippen MR) is 96.4 cm³/mol. The van der Waals surface area contributed by atoms with E-state index >= 15 is 0 Å². The number of rotatable bonds is 6. The Bertz CT molecular complexity index is 746. The second kappa shape index (κ2) is 8.08. The number of carbonyl (C=O) groups excluding carboxylic acids is 1. The van der Waals surface area contributed by atoms with Crippen molar-refractivity contribution in [3.05, 3.63) is 29.0 Å². The molecule has 1 aromatic carbocycles. The number of methoxy groups -OCH3 is 1. The average molecular weight is 367 g/mol. The lowest BCUT2D eigenvalue weighted by Crippen LogP contribution is -2.45. The number of carbonyl (C=O) groups is 1. The Hall–Kier alpha value is -1.76. The average Bonchev–Trinajstić information content (AvgIpc) is 3.05. The first kappa shape index (κ1) is 18.0. The van der Waals surface area contributed by atoms with Crippen LogP contribution in [-0.2, 0) is 0 Å². The van der Waals surface area contributed by atoms with Crippen LogP contribution in [0, 0.1) is 0 Å². The Morgan fingerprint density at radius 3 is 3.04 bits per heavy atom. The number of aliphatic hydroxyl groups excluding tert-OH is 1. The minimum absolute atomic E-state index is 0.165. The minimum atomic E-state index is -0.271. The number of piperidine rings is 1. The maximum absolute atomic E-state index is 12.3. The molecule has 1 atom stereocenters. The molecule has 0 saturated carbocycles. The zero-order chi connectivity index (χ0) is 17.8. The number of benzene rings is 1. The van der Waals surface area contributed by atoms with E-state index in [1.807, 2.05) is 0 Å². The Labute approximate surface area is 151 Å². The third-order valence-corrected chi connectivity index (χ3v) is 4.85. The monoisotopic (exact) mass is 366 g/mol. The SMILES string of the molecule is COc1cc(Cl)cc2cc(C(=O)NCCN3CCCCC3CO)oc12. The first-order valence-corrected chi connectivity index (χ1v) is 8.90. The van der Waals surface area contributed by atoms with Gasteiger partial charge in [-0.2, -0.15) is 0 Å². The normalized spacial score (nSPS) is 18.4. The summed E-state index contributed by atoms with van der Waals surface area (Å²) in [5.41, 5.74) is 0.508. The van der Waals surface area contributed by atoms with Crippen LogP contribution in [0.4, 0.5) is 0 Å². The van der Waals surface area contributed by atoms with E-state index in [0.29, 0.717) is 29.4 Å². The fourth-order valence-corrected chi connectivity index (χ4v) is 3.53. The van der Waals surface area contributed by atoms with Gasteiger partial charge in [-0.05, 0) is 31.5 Å². The summed E-state index contributed by atoms with van der Waals surface area (Å²) in [5, 5.41) is 13.6. The highest BCUT2D eigenvalue weighted by Crippen LogP contribution is 2.32. The van der Waals surface area contributed by atoms with Gasteiger partial charge in [-0.15, -0.1) is 0 Å². The van der Waals surface area contributed by atoms with Gasteiger partial charge in [-0.3, -0.25) is 9.69 Å². The van der Waals surface area contributed by atoms with E-state index in [2.05, 4.69) is 10.2 Å². The lowest BCUT2D eigenvalue weighted by Gasteiger charge is -2.34. The van der Waals surface area contributed by atoms with E-state index in [1.54, 1.807) is 18.2 Å². The van der Waals surface area contributed by atoms with Crippen LogP contribution in [0.1, 0.15) is 29.8 Å². The second-order valence-corrected chi connectivity index (χ2v) is 6.70. The van der Waals surface area contributed by atoms with E-state index in [0.717, 1.165) is 31.2 Å². The molecule has 1 aliphatic heterocycles. The third-order valence-electron chi connectivity index (χ3n) is 4.64. The summed E-state index contributed by atoms with van der Waals surface area (Å²) in [6, 6.07) is 5.25. The molecule has 1 amide bonds. The lowest BCUT2D eigenvalue weighted by atomic mass is 10.0. The Balaban J connectivity index is 1.62. The highest BCUT2D eigenvalue weighted by Gasteiger charge is 2.21. The van der Waals surface area contributed by atoms with E-state index in [1.165, 1.54) is 7.11 Å². The van der Waals surface area contributed by atoms with Gasteiger partial charge in [-0.1, -0.05) is 18.0 Å². The van der Waals surface area contributed by atoms with Crippen LogP contribution >= 0.6 is 11.6 Å². The highest BCUT2D eigenvalue weighted by atomic mass is 35.5. The first-order chi connectivity index (χ1) is 12.1. The van der Waals surface area contributed by atoms with Gasteiger partial charge in [-0.25, -0.2) is 0 Å². The number of nitrogens with one attached hydrogen (secondary N) is 1. The number of halogens is 1. The summed E-state index contributed by atoms with van der Waals surface area (Å²) in [7, 11) is 1.53. The fourth-order valence-electron chi connectivity index (χ4n) is 3.31. The fraction of sp³-hybridized carbons (Fsp3) is 0.500. The molecular formula is C18H23ClN2O4. The quantitative estimate of drug-likeness (QED) is 0.822. The van der Waals surface area contributed by atoms with Crippen molar-refractivity contribution in [2.24, 2.45) is 0 Å². The topological polar surface area (TPSA) is 74.9 Å². The summed E-state index contributed by atoms with van der Waals surface area (Å²) in [6.45, 7) is 2.34. The molecular weight excluding hydrogens is 344 g/mol. The molecule has 2 aromatic rings. The predicted octanol–water partition coefficient (Wildman–Crippen LogP) is 2.67. The van der Waals surface area contributed by atoms with Crippen LogP contribution in [0.25, 0.3) is 11.0 Å². The summed E-state index contributed by atoms with van der Waals surface area (Å²) >= 11 is 6.04. The van der Waals surface area contributed by atoms with Gasteiger partial charge < -0.3 is 19.6 Å². The van der Waals surface area contributed by atoms with Crippen LogP contribution in [0.15, 0.2) is 22.6 Å². The van der Waals surface area contributed by atoms with Crippen molar-refractivity contribution >= 4 is 28.5 Å². The second-order valence-electron chi connectivity index (χ2n) is 6.26. The smallest absolute Gasteiger partial charge is 0.287 e. The van der Waals surface area contributed by atoms with Crippen LogP contribution in [0.5, 0.6) is 5.75 Å². The van der Waals surface area contributed by atoms with Crippen molar-refractivity contribution in [2.75, 3.05) is 33.4 Å². The van der Waals surface area contributed by atoms with Gasteiger partial charge in [0.05, 0.1) is 13.7 Å². The van der Waals surface area contributed by atoms with Crippen molar-refractivity contribution in [3.63, 3.8) is 0 Å². The van der Waals surface area contributed by atoms with Gasteiger partial charge in [0.1, 0.15) is 0 Å². The Kier molecular flexibility index (Phi) is 5.83. The lowest BCUT2D eigenvalue weighted by molar-refractivity contribution is 0.0836. The standard InChI is InChI=1S/C18H23ClN2O4/c1-24-15-10-13(19)8-12-9-16(25-17(12)15)18(23)20-5-7-21-6-3-2-4-14(21)11-22/h8-10,14,22H,2-7,11H2,1H3,(H,20,23). The molecule has 0 spiro atoms. The number of aliphatic hydroxyl groups is 1. The molecule has 2 heterocycles. The van der Waals surface area contributed by atoms with E-state index in [4.69, 9.17) is 20.8 Å². The largest absolute Gasteiger partial charge is 0.493 e.